The Morgan fingerprint density at radius 3 is 2.35 bits per heavy atom. The maximum Gasteiger partial charge on any atom is 0.227 e. The van der Waals surface area contributed by atoms with Gasteiger partial charge in [-0.1, -0.05) is 20.8 Å². The lowest BCUT2D eigenvalue weighted by molar-refractivity contribution is -0.129. The van der Waals surface area contributed by atoms with E-state index in [1.54, 1.807) is 0 Å². The van der Waals surface area contributed by atoms with E-state index in [0.717, 1.165) is 32.5 Å². The van der Waals surface area contributed by atoms with Gasteiger partial charge in [0.05, 0.1) is 5.41 Å². The van der Waals surface area contributed by atoms with Gasteiger partial charge in [-0.25, -0.2) is 0 Å². The first-order valence-electron chi connectivity index (χ1n) is 6.74. The van der Waals surface area contributed by atoms with E-state index in [0.29, 0.717) is 13.1 Å². The first kappa shape index (κ1) is 16.4. The van der Waals surface area contributed by atoms with Gasteiger partial charge in [-0.15, -0.1) is 0 Å². The summed E-state index contributed by atoms with van der Waals surface area (Å²) in [4.78, 5) is 14.3. The largest absolute Gasteiger partial charge is 0.354 e. The first-order chi connectivity index (χ1) is 8.03. The molecule has 0 heterocycles. The lowest BCUT2D eigenvalue weighted by Gasteiger charge is -2.26. The summed E-state index contributed by atoms with van der Waals surface area (Å²) in [5.41, 5.74) is 5.24. The van der Waals surface area contributed by atoms with Crippen LogP contribution in [0.2, 0.25) is 0 Å². The lowest BCUT2D eigenvalue weighted by atomic mass is 9.87. The average Bonchev–Trinajstić information content (AvgIpc) is 2.36. The minimum absolute atomic E-state index is 0.0788. The molecule has 102 valence electrons. The van der Waals surface area contributed by atoms with E-state index in [4.69, 9.17) is 5.73 Å². The summed E-state index contributed by atoms with van der Waals surface area (Å²) in [5.74, 6) is 0.0788. The van der Waals surface area contributed by atoms with Gasteiger partial charge < -0.3 is 16.0 Å². The third-order valence-electron chi connectivity index (χ3n) is 3.48. The zero-order valence-electron chi connectivity index (χ0n) is 11.9. The van der Waals surface area contributed by atoms with Crippen molar-refractivity contribution in [3.05, 3.63) is 0 Å². The zero-order valence-corrected chi connectivity index (χ0v) is 11.9. The second kappa shape index (κ2) is 8.48. The van der Waals surface area contributed by atoms with E-state index < -0.39 is 5.41 Å². The SMILES string of the molecule is CCCN(CC)CCNC(=O)C(C)(CC)CN. The van der Waals surface area contributed by atoms with Gasteiger partial charge in [0.25, 0.3) is 0 Å². The Hall–Kier alpha value is -0.610. The van der Waals surface area contributed by atoms with Crippen LogP contribution < -0.4 is 11.1 Å². The summed E-state index contributed by atoms with van der Waals surface area (Å²) < 4.78 is 0. The third kappa shape index (κ3) is 5.50. The molecule has 1 unspecified atom stereocenters. The van der Waals surface area contributed by atoms with Crippen LogP contribution in [-0.2, 0) is 4.79 Å². The average molecular weight is 243 g/mol. The molecule has 0 fully saturated rings. The van der Waals surface area contributed by atoms with Gasteiger partial charge in [0.2, 0.25) is 5.91 Å². The van der Waals surface area contributed by atoms with Crippen molar-refractivity contribution < 1.29 is 4.79 Å². The predicted molar refractivity (Wildman–Crippen MR) is 72.9 cm³/mol. The number of amides is 1. The summed E-state index contributed by atoms with van der Waals surface area (Å²) in [5, 5.41) is 2.99. The highest BCUT2D eigenvalue weighted by Crippen LogP contribution is 2.18. The molecule has 0 aliphatic carbocycles. The highest BCUT2D eigenvalue weighted by molar-refractivity contribution is 5.82. The van der Waals surface area contributed by atoms with Crippen LogP contribution >= 0.6 is 0 Å². The molecule has 0 radical (unpaired) electrons. The molecule has 0 saturated heterocycles. The standard InChI is InChI=1S/C13H29N3O/c1-5-9-16(7-3)10-8-15-12(17)13(4,6-2)11-14/h5-11,14H2,1-4H3,(H,15,17). The molecule has 0 aliphatic rings. The number of hydrogen-bond acceptors (Lipinski definition) is 3. The topological polar surface area (TPSA) is 58.4 Å². The Morgan fingerprint density at radius 1 is 1.29 bits per heavy atom. The van der Waals surface area contributed by atoms with Crippen molar-refractivity contribution >= 4 is 5.91 Å². The zero-order chi connectivity index (χ0) is 13.3. The minimum Gasteiger partial charge on any atom is -0.354 e. The number of carbonyl (C=O) groups excluding carboxylic acids is 1. The Labute approximate surface area is 106 Å². The van der Waals surface area contributed by atoms with Crippen LogP contribution in [0, 0.1) is 5.41 Å². The molecule has 1 atom stereocenters. The molecule has 1 amide bonds. The lowest BCUT2D eigenvalue weighted by Crippen LogP contribution is -2.45. The Kier molecular flexibility index (Phi) is 8.17. The molecule has 0 bridgehead atoms. The Balaban J connectivity index is 3.99. The van der Waals surface area contributed by atoms with Gasteiger partial charge >= 0.3 is 0 Å². The molecule has 0 aromatic rings. The highest BCUT2D eigenvalue weighted by atomic mass is 16.2. The van der Waals surface area contributed by atoms with Crippen molar-refractivity contribution in [2.24, 2.45) is 11.1 Å². The second-order valence-electron chi connectivity index (χ2n) is 4.81. The van der Waals surface area contributed by atoms with Gasteiger partial charge in [-0.3, -0.25) is 4.79 Å². The van der Waals surface area contributed by atoms with Crippen LogP contribution in [0.25, 0.3) is 0 Å². The molecule has 17 heavy (non-hydrogen) atoms. The van der Waals surface area contributed by atoms with Crippen LogP contribution in [0.3, 0.4) is 0 Å². The molecule has 4 nitrogen and oxygen atoms in total. The molecule has 0 aromatic heterocycles. The van der Waals surface area contributed by atoms with Crippen molar-refractivity contribution in [1.82, 2.24) is 10.2 Å². The monoisotopic (exact) mass is 243 g/mol. The van der Waals surface area contributed by atoms with Gasteiger partial charge in [-0.05, 0) is 32.9 Å². The highest BCUT2D eigenvalue weighted by Gasteiger charge is 2.29. The number of carbonyl (C=O) groups is 1. The van der Waals surface area contributed by atoms with Gasteiger partial charge in [0, 0.05) is 19.6 Å². The molecule has 4 heteroatoms. The van der Waals surface area contributed by atoms with Crippen molar-refractivity contribution in [3.8, 4) is 0 Å². The van der Waals surface area contributed by atoms with Crippen molar-refractivity contribution in [2.75, 3.05) is 32.7 Å². The summed E-state index contributed by atoms with van der Waals surface area (Å²) in [6.07, 6.45) is 1.93. The van der Waals surface area contributed by atoms with Crippen LogP contribution in [0.15, 0.2) is 0 Å². The number of rotatable bonds is 9. The normalized spacial score (nSPS) is 14.7. The smallest absolute Gasteiger partial charge is 0.227 e. The fourth-order valence-electron chi connectivity index (χ4n) is 1.68. The van der Waals surface area contributed by atoms with E-state index in [2.05, 4.69) is 24.1 Å². The van der Waals surface area contributed by atoms with Crippen molar-refractivity contribution in [3.63, 3.8) is 0 Å². The number of likely N-dealkylation sites (N-methyl/N-ethyl adjacent to an activating group) is 1. The third-order valence-corrected chi connectivity index (χ3v) is 3.48. The van der Waals surface area contributed by atoms with E-state index in [-0.39, 0.29) is 5.91 Å². The summed E-state index contributed by atoms with van der Waals surface area (Å²) in [7, 11) is 0. The fraction of sp³-hybridized carbons (Fsp3) is 0.923. The van der Waals surface area contributed by atoms with Gasteiger partial charge in [-0.2, -0.15) is 0 Å². The fourth-order valence-corrected chi connectivity index (χ4v) is 1.68. The number of hydrogen-bond donors (Lipinski definition) is 2. The van der Waals surface area contributed by atoms with E-state index >= 15 is 0 Å². The van der Waals surface area contributed by atoms with Gasteiger partial charge in [0.1, 0.15) is 0 Å². The quantitative estimate of drug-likeness (QED) is 0.640. The van der Waals surface area contributed by atoms with Crippen LogP contribution in [0.1, 0.15) is 40.5 Å². The second-order valence-corrected chi connectivity index (χ2v) is 4.81. The molecule has 0 aromatic carbocycles. The van der Waals surface area contributed by atoms with Crippen molar-refractivity contribution in [1.29, 1.82) is 0 Å². The maximum atomic E-state index is 11.9. The molecule has 0 aliphatic heterocycles. The van der Waals surface area contributed by atoms with Gasteiger partial charge in [0.15, 0.2) is 0 Å². The molecule has 0 rings (SSSR count). The summed E-state index contributed by atoms with van der Waals surface area (Å²) in [6.45, 7) is 12.4. The molecule has 0 spiro atoms. The van der Waals surface area contributed by atoms with Crippen molar-refractivity contribution in [2.45, 2.75) is 40.5 Å². The van der Waals surface area contributed by atoms with Crippen LogP contribution in [0.5, 0.6) is 0 Å². The predicted octanol–water partition coefficient (Wildman–Crippen LogP) is 1.21. The molecule has 0 saturated carbocycles. The molecular formula is C13H29N3O. The minimum atomic E-state index is -0.415. The summed E-state index contributed by atoms with van der Waals surface area (Å²) >= 11 is 0. The summed E-state index contributed by atoms with van der Waals surface area (Å²) in [6, 6.07) is 0. The van der Waals surface area contributed by atoms with Crippen LogP contribution in [0.4, 0.5) is 0 Å². The number of nitrogens with one attached hydrogen (secondary N) is 1. The Morgan fingerprint density at radius 2 is 1.94 bits per heavy atom. The van der Waals surface area contributed by atoms with E-state index in [1.165, 1.54) is 0 Å². The van der Waals surface area contributed by atoms with E-state index in [9.17, 15) is 4.79 Å². The molecular weight excluding hydrogens is 214 g/mol. The maximum absolute atomic E-state index is 11.9. The van der Waals surface area contributed by atoms with E-state index in [1.807, 2.05) is 13.8 Å². The van der Waals surface area contributed by atoms with Crippen LogP contribution in [-0.4, -0.2) is 43.5 Å². The number of nitrogens with zero attached hydrogens (tertiary/aromatic N) is 1. The first-order valence-corrected chi connectivity index (χ1v) is 6.74. The molecule has 3 N–H and O–H groups in total. The number of nitrogens with two attached hydrogens (primary N) is 1. The Bertz CT molecular complexity index is 215.